The van der Waals surface area contributed by atoms with E-state index in [0.717, 1.165) is 43.1 Å². The molecule has 0 N–H and O–H groups in total. The van der Waals surface area contributed by atoms with Crippen LogP contribution in [0.4, 0.5) is 0 Å². The van der Waals surface area contributed by atoms with Gasteiger partial charge in [0.15, 0.2) is 11.5 Å². The van der Waals surface area contributed by atoms with Gasteiger partial charge >= 0.3 is 0 Å². The second-order valence-electron chi connectivity index (χ2n) is 8.62. The maximum Gasteiger partial charge on any atom is 0.160 e. The summed E-state index contributed by atoms with van der Waals surface area (Å²) in [5.41, 5.74) is 5.00. The van der Waals surface area contributed by atoms with Crippen molar-refractivity contribution in [1.82, 2.24) is 4.90 Å². The lowest BCUT2D eigenvalue weighted by Gasteiger charge is -2.25. The molecular weight excluding hydrogens is 422 g/mol. The summed E-state index contributed by atoms with van der Waals surface area (Å²) < 4.78 is 16.3. The van der Waals surface area contributed by atoms with Gasteiger partial charge in [-0.2, -0.15) is 0 Å². The summed E-state index contributed by atoms with van der Waals surface area (Å²) in [5.74, 6) is 2.45. The van der Waals surface area contributed by atoms with E-state index < -0.39 is 0 Å². The highest BCUT2D eigenvalue weighted by atomic mass is 16.5. The van der Waals surface area contributed by atoms with Crippen LogP contribution in [0.5, 0.6) is 17.2 Å². The molecule has 0 aliphatic heterocycles. The first-order chi connectivity index (χ1) is 16.5. The molecule has 1 atom stereocenters. The summed E-state index contributed by atoms with van der Waals surface area (Å²) in [7, 11) is 7.27. The zero-order chi connectivity index (χ0) is 24.3. The molecule has 0 fully saturated rings. The average Bonchev–Trinajstić information content (AvgIpc) is 2.89. The molecule has 3 aromatic carbocycles. The molecule has 0 saturated heterocycles. The molecule has 0 aliphatic carbocycles. The lowest BCUT2D eigenvalue weighted by molar-refractivity contribution is 0.249. The first-order valence-corrected chi connectivity index (χ1v) is 11.8. The maximum atomic E-state index is 5.50. The number of nitrogens with zero attached hydrogens (tertiary/aromatic N) is 1. The third kappa shape index (κ3) is 7.13. The normalized spacial score (nSPS) is 12.2. The van der Waals surface area contributed by atoms with Crippen molar-refractivity contribution in [2.75, 3.05) is 34.9 Å². The van der Waals surface area contributed by atoms with E-state index in [9.17, 15) is 0 Å². The SMILES string of the molecule is COc1ccc(C=Cc2ccccc2)c(CCC(C)N(C)CCc2ccc(OC)c(OC)c2)c1. The molecule has 1 unspecified atom stereocenters. The number of methoxy groups -OCH3 is 3. The number of benzene rings is 3. The van der Waals surface area contributed by atoms with Crippen LogP contribution in [0.1, 0.15) is 35.6 Å². The molecule has 0 amide bonds. The van der Waals surface area contributed by atoms with E-state index in [1.807, 2.05) is 18.2 Å². The zero-order valence-corrected chi connectivity index (χ0v) is 21.1. The van der Waals surface area contributed by atoms with E-state index in [1.54, 1.807) is 21.3 Å². The molecule has 0 heterocycles. The Labute approximate surface area is 204 Å². The van der Waals surface area contributed by atoms with Crippen molar-refractivity contribution in [1.29, 1.82) is 0 Å². The van der Waals surface area contributed by atoms with Crippen LogP contribution < -0.4 is 14.2 Å². The van der Waals surface area contributed by atoms with Crippen LogP contribution in [0, 0.1) is 0 Å². The predicted molar refractivity (Wildman–Crippen MR) is 142 cm³/mol. The van der Waals surface area contributed by atoms with Crippen molar-refractivity contribution >= 4 is 12.2 Å². The summed E-state index contributed by atoms with van der Waals surface area (Å²) in [6.07, 6.45) is 7.40. The van der Waals surface area contributed by atoms with Gasteiger partial charge in [-0.25, -0.2) is 0 Å². The van der Waals surface area contributed by atoms with Crippen molar-refractivity contribution < 1.29 is 14.2 Å². The number of aryl methyl sites for hydroxylation is 1. The molecule has 0 aliphatic rings. The summed E-state index contributed by atoms with van der Waals surface area (Å²) in [6.45, 7) is 3.28. The monoisotopic (exact) mass is 459 g/mol. The van der Waals surface area contributed by atoms with E-state index in [2.05, 4.69) is 79.6 Å². The Morgan fingerprint density at radius 1 is 0.794 bits per heavy atom. The molecule has 3 rings (SSSR count). The first-order valence-electron chi connectivity index (χ1n) is 11.8. The van der Waals surface area contributed by atoms with E-state index in [0.29, 0.717) is 6.04 Å². The molecule has 4 nitrogen and oxygen atoms in total. The van der Waals surface area contributed by atoms with Crippen LogP contribution in [0.2, 0.25) is 0 Å². The van der Waals surface area contributed by atoms with Gasteiger partial charge in [-0.1, -0.05) is 54.6 Å². The molecule has 4 heteroatoms. The summed E-state index contributed by atoms with van der Waals surface area (Å²) >= 11 is 0. The van der Waals surface area contributed by atoms with E-state index >= 15 is 0 Å². The fourth-order valence-electron chi connectivity index (χ4n) is 3.99. The third-order valence-electron chi connectivity index (χ3n) is 6.39. The van der Waals surface area contributed by atoms with Crippen molar-refractivity contribution in [3.05, 3.63) is 89.0 Å². The first kappa shape index (κ1) is 25.4. The minimum Gasteiger partial charge on any atom is -0.497 e. The van der Waals surface area contributed by atoms with E-state index in [-0.39, 0.29) is 0 Å². The topological polar surface area (TPSA) is 30.9 Å². The van der Waals surface area contributed by atoms with Gasteiger partial charge < -0.3 is 19.1 Å². The molecule has 180 valence electrons. The zero-order valence-electron chi connectivity index (χ0n) is 21.1. The molecule has 3 aromatic rings. The van der Waals surface area contributed by atoms with Crippen LogP contribution >= 0.6 is 0 Å². The van der Waals surface area contributed by atoms with Crippen LogP contribution in [-0.4, -0.2) is 45.9 Å². The second kappa shape index (κ2) is 12.9. The molecular formula is C30H37NO3. The van der Waals surface area contributed by atoms with Gasteiger partial charge in [0.1, 0.15) is 5.75 Å². The van der Waals surface area contributed by atoms with Gasteiger partial charge in [0.2, 0.25) is 0 Å². The predicted octanol–water partition coefficient (Wildman–Crippen LogP) is 6.38. The fourth-order valence-corrected chi connectivity index (χ4v) is 3.99. The quantitative estimate of drug-likeness (QED) is 0.294. The Morgan fingerprint density at radius 3 is 2.26 bits per heavy atom. The third-order valence-corrected chi connectivity index (χ3v) is 6.39. The molecule has 0 saturated carbocycles. The molecule has 0 aromatic heterocycles. The van der Waals surface area contributed by atoms with Gasteiger partial charge in [0.25, 0.3) is 0 Å². The van der Waals surface area contributed by atoms with Crippen molar-refractivity contribution in [2.45, 2.75) is 32.2 Å². The number of ether oxygens (including phenoxy) is 3. The Morgan fingerprint density at radius 2 is 1.56 bits per heavy atom. The largest absolute Gasteiger partial charge is 0.497 e. The van der Waals surface area contributed by atoms with Crippen molar-refractivity contribution in [3.8, 4) is 17.2 Å². The molecule has 0 spiro atoms. The van der Waals surface area contributed by atoms with Crippen molar-refractivity contribution in [3.63, 3.8) is 0 Å². The maximum absolute atomic E-state index is 5.50. The standard InChI is InChI=1S/C30H37NO3/c1-23(31(2)20-19-25-13-18-29(33-4)30(21-25)34-5)11-14-27-22-28(32-3)17-16-26(27)15-12-24-9-7-6-8-10-24/h6-10,12-13,15-18,21-23H,11,14,19-20H2,1-5H3. The smallest absolute Gasteiger partial charge is 0.160 e. The number of hydrogen-bond acceptors (Lipinski definition) is 4. The average molecular weight is 460 g/mol. The Hall–Kier alpha value is -3.24. The van der Waals surface area contributed by atoms with Crippen LogP contribution in [0.15, 0.2) is 66.7 Å². The lowest BCUT2D eigenvalue weighted by Crippen LogP contribution is -2.31. The van der Waals surface area contributed by atoms with Crippen LogP contribution in [0.25, 0.3) is 12.2 Å². The second-order valence-corrected chi connectivity index (χ2v) is 8.62. The van der Waals surface area contributed by atoms with Crippen LogP contribution in [-0.2, 0) is 12.8 Å². The number of rotatable bonds is 12. The van der Waals surface area contributed by atoms with Crippen molar-refractivity contribution in [2.24, 2.45) is 0 Å². The molecule has 0 bridgehead atoms. The highest BCUT2D eigenvalue weighted by Gasteiger charge is 2.12. The minimum atomic E-state index is 0.456. The summed E-state index contributed by atoms with van der Waals surface area (Å²) in [4.78, 5) is 2.43. The van der Waals surface area contributed by atoms with Gasteiger partial charge in [0, 0.05) is 12.6 Å². The lowest BCUT2D eigenvalue weighted by atomic mass is 9.98. The van der Waals surface area contributed by atoms with Gasteiger partial charge in [-0.05, 0) is 79.8 Å². The van der Waals surface area contributed by atoms with Gasteiger partial charge in [0.05, 0.1) is 21.3 Å². The number of likely N-dealkylation sites (N-methyl/N-ethyl adjacent to an activating group) is 1. The molecule has 0 radical (unpaired) electrons. The fraction of sp³-hybridized carbons (Fsp3) is 0.333. The minimum absolute atomic E-state index is 0.456. The Balaban J connectivity index is 1.60. The van der Waals surface area contributed by atoms with Crippen LogP contribution in [0.3, 0.4) is 0 Å². The highest BCUT2D eigenvalue weighted by molar-refractivity contribution is 5.71. The van der Waals surface area contributed by atoms with E-state index in [1.165, 1.54) is 22.3 Å². The van der Waals surface area contributed by atoms with E-state index in [4.69, 9.17) is 14.2 Å². The Bertz CT molecular complexity index is 1060. The van der Waals surface area contributed by atoms with Gasteiger partial charge in [-0.15, -0.1) is 0 Å². The number of hydrogen-bond donors (Lipinski definition) is 0. The highest BCUT2D eigenvalue weighted by Crippen LogP contribution is 2.28. The van der Waals surface area contributed by atoms with Gasteiger partial charge in [-0.3, -0.25) is 0 Å². The molecule has 34 heavy (non-hydrogen) atoms. The summed E-state index contributed by atoms with van der Waals surface area (Å²) in [6, 6.07) is 23.4. The summed E-state index contributed by atoms with van der Waals surface area (Å²) in [5, 5.41) is 0. The Kier molecular flexibility index (Phi) is 9.60.